The maximum absolute atomic E-state index is 12.8. The summed E-state index contributed by atoms with van der Waals surface area (Å²) in [4.78, 5) is 12.8. The van der Waals surface area contributed by atoms with Gasteiger partial charge >= 0.3 is 5.97 Å². The van der Waals surface area contributed by atoms with Crippen molar-refractivity contribution in [1.29, 1.82) is 0 Å². The van der Waals surface area contributed by atoms with Gasteiger partial charge in [-0.15, -0.1) is 0 Å². The highest BCUT2D eigenvalue weighted by molar-refractivity contribution is 5.89. The van der Waals surface area contributed by atoms with Crippen LogP contribution in [-0.4, -0.2) is 47.9 Å². The van der Waals surface area contributed by atoms with Gasteiger partial charge in [0.25, 0.3) is 0 Å². The van der Waals surface area contributed by atoms with E-state index in [9.17, 15) is 9.90 Å². The van der Waals surface area contributed by atoms with E-state index in [2.05, 4.69) is 6.92 Å². The molecule has 0 unspecified atom stereocenters. The van der Waals surface area contributed by atoms with Crippen molar-refractivity contribution >= 4 is 5.97 Å². The molecule has 1 aliphatic heterocycles. The standard InChI is InChI=1S/C28H34O6/c1-26(2)32-17-23(34-26)24-21-14-28(30,15-22(21)33-25(29)20-12-8-5-9-13-20)27(24,3)18-31-16-19-10-6-4-7-11-19/h4-13,21-24,30H,14-18H2,1-3H3/t21-,22+,23+,24-,27+,28-/m1/s1. The van der Waals surface area contributed by atoms with Gasteiger partial charge < -0.3 is 24.1 Å². The summed E-state index contributed by atoms with van der Waals surface area (Å²) in [5.74, 6) is -1.15. The number of aliphatic hydroxyl groups is 1. The molecule has 5 rings (SSSR count). The van der Waals surface area contributed by atoms with Gasteiger partial charge in [-0.05, 0) is 38.0 Å². The van der Waals surface area contributed by atoms with Crippen molar-refractivity contribution in [2.24, 2.45) is 17.3 Å². The third kappa shape index (κ3) is 4.17. The van der Waals surface area contributed by atoms with Gasteiger partial charge in [-0.3, -0.25) is 0 Å². The molecule has 6 atom stereocenters. The second-order valence-corrected chi connectivity index (χ2v) is 10.7. The molecule has 2 saturated carbocycles. The van der Waals surface area contributed by atoms with E-state index >= 15 is 0 Å². The molecule has 3 fully saturated rings. The van der Waals surface area contributed by atoms with Crippen molar-refractivity contribution in [3.8, 4) is 0 Å². The van der Waals surface area contributed by atoms with Crippen LogP contribution in [0.15, 0.2) is 60.7 Å². The number of hydrogen-bond donors (Lipinski definition) is 1. The average molecular weight is 467 g/mol. The number of fused-ring (bicyclic) bond motifs is 2. The number of benzene rings is 2. The molecule has 0 aromatic heterocycles. The molecule has 1 saturated heterocycles. The van der Waals surface area contributed by atoms with Gasteiger partial charge in [0.15, 0.2) is 5.79 Å². The van der Waals surface area contributed by atoms with Crippen molar-refractivity contribution in [2.45, 2.75) is 63.8 Å². The van der Waals surface area contributed by atoms with Crippen molar-refractivity contribution in [3.05, 3.63) is 71.8 Å². The number of ether oxygens (including phenoxy) is 4. The highest BCUT2D eigenvalue weighted by Gasteiger charge is 2.71. The summed E-state index contributed by atoms with van der Waals surface area (Å²) >= 11 is 0. The minimum atomic E-state index is -1.02. The Balaban J connectivity index is 1.37. The lowest BCUT2D eigenvalue weighted by Crippen LogP contribution is -2.56. The van der Waals surface area contributed by atoms with Gasteiger partial charge in [0.05, 0.1) is 37.1 Å². The fourth-order valence-electron chi connectivity index (χ4n) is 6.37. The first kappa shape index (κ1) is 23.5. The summed E-state index contributed by atoms with van der Waals surface area (Å²) in [7, 11) is 0. The van der Waals surface area contributed by atoms with Crippen LogP contribution in [0.2, 0.25) is 0 Å². The Labute approximate surface area is 201 Å². The number of carbonyl (C=O) groups excluding carboxylic acids is 1. The van der Waals surface area contributed by atoms with E-state index in [1.54, 1.807) is 12.1 Å². The number of carbonyl (C=O) groups is 1. The molecule has 6 heteroatoms. The molecule has 34 heavy (non-hydrogen) atoms. The van der Waals surface area contributed by atoms with E-state index in [1.807, 2.05) is 62.4 Å². The van der Waals surface area contributed by atoms with E-state index in [1.165, 1.54) is 0 Å². The van der Waals surface area contributed by atoms with Crippen LogP contribution in [0.1, 0.15) is 49.5 Å². The zero-order valence-electron chi connectivity index (χ0n) is 20.1. The fraction of sp³-hybridized carbons (Fsp3) is 0.536. The lowest BCUT2D eigenvalue weighted by molar-refractivity contribution is -0.189. The number of hydrogen-bond acceptors (Lipinski definition) is 6. The van der Waals surface area contributed by atoms with Gasteiger partial charge in [-0.25, -0.2) is 4.79 Å². The van der Waals surface area contributed by atoms with Crippen molar-refractivity contribution in [3.63, 3.8) is 0 Å². The second kappa shape index (κ2) is 8.76. The summed E-state index contributed by atoms with van der Waals surface area (Å²) < 4.78 is 24.4. The van der Waals surface area contributed by atoms with E-state index in [0.29, 0.717) is 38.2 Å². The third-order valence-electron chi connectivity index (χ3n) is 8.06. The molecule has 1 N–H and O–H groups in total. The molecular formula is C28H34O6. The van der Waals surface area contributed by atoms with E-state index in [0.717, 1.165) is 5.56 Å². The summed E-state index contributed by atoms with van der Waals surface area (Å²) in [5.41, 5.74) is 0.0335. The topological polar surface area (TPSA) is 74.2 Å². The van der Waals surface area contributed by atoms with Gasteiger partial charge in [0.1, 0.15) is 6.10 Å². The van der Waals surface area contributed by atoms with Crippen LogP contribution in [0, 0.1) is 17.3 Å². The molecule has 0 amide bonds. The lowest BCUT2D eigenvalue weighted by Gasteiger charge is -2.49. The summed E-state index contributed by atoms with van der Waals surface area (Å²) in [6.45, 7) is 7.21. The molecule has 3 aliphatic rings. The Hall–Kier alpha value is -2.25. The normalized spacial score (nSPS) is 36.0. The van der Waals surface area contributed by atoms with Gasteiger partial charge in [-0.1, -0.05) is 55.5 Å². The van der Waals surface area contributed by atoms with Crippen LogP contribution in [0.4, 0.5) is 0 Å². The first-order chi connectivity index (χ1) is 16.2. The van der Waals surface area contributed by atoms with Crippen LogP contribution < -0.4 is 0 Å². The van der Waals surface area contributed by atoms with Gasteiger partial charge in [0.2, 0.25) is 0 Å². The highest BCUT2D eigenvalue weighted by Crippen LogP contribution is 2.64. The van der Waals surface area contributed by atoms with Crippen LogP contribution >= 0.6 is 0 Å². The summed E-state index contributed by atoms with van der Waals surface area (Å²) in [6.07, 6.45) is 0.361. The predicted octanol–water partition coefficient (Wildman–Crippen LogP) is 4.36. The molecule has 6 nitrogen and oxygen atoms in total. The molecule has 0 radical (unpaired) electrons. The van der Waals surface area contributed by atoms with E-state index < -0.39 is 16.8 Å². The lowest BCUT2D eigenvalue weighted by atomic mass is 9.63. The smallest absolute Gasteiger partial charge is 0.338 e. The Morgan fingerprint density at radius 2 is 1.71 bits per heavy atom. The minimum absolute atomic E-state index is 0.0366. The van der Waals surface area contributed by atoms with Crippen molar-refractivity contribution in [1.82, 2.24) is 0 Å². The number of esters is 1. The van der Waals surface area contributed by atoms with Crippen LogP contribution in [0.5, 0.6) is 0 Å². The van der Waals surface area contributed by atoms with Crippen LogP contribution in [0.25, 0.3) is 0 Å². The molecule has 2 aromatic rings. The Bertz CT molecular complexity index is 1010. The minimum Gasteiger partial charge on any atom is -0.458 e. The Morgan fingerprint density at radius 1 is 1.03 bits per heavy atom. The SMILES string of the molecule is CC1(C)OC[C@@H]([C@H]2[C@@H]3C[C@@](O)(C[C@@H]3OC(=O)c3ccccc3)[C@@]2(C)COCc2ccccc2)O1. The third-order valence-corrected chi connectivity index (χ3v) is 8.06. The molecule has 2 bridgehead atoms. The fourth-order valence-corrected chi connectivity index (χ4v) is 6.37. The Kier molecular flexibility index (Phi) is 6.05. The predicted molar refractivity (Wildman–Crippen MR) is 126 cm³/mol. The van der Waals surface area contributed by atoms with Crippen molar-refractivity contribution < 1.29 is 28.8 Å². The van der Waals surface area contributed by atoms with E-state index in [4.69, 9.17) is 18.9 Å². The zero-order chi connectivity index (χ0) is 24.0. The largest absolute Gasteiger partial charge is 0.458 e. The molecular weight excluding hydrogens is 432 g/mol. The monoisotopic (exact) mass is 466 g/mol. The quantitative estimate of drug-likeness (QED) is 0.612. The van der Waals surface area contributed by atoms with Crippen molar-refractivity contribution in [2.75, 3.05) is 13.2 Å². The molecule has 182 valence electrons. The average Bonchev–Trinajstić information content (AvgIpc) is 3.41. The highest BCUT2D eigenvalue weighted by atomic mass is 16.7. The molecule has 2 aromatic carbocycles. The van der Waals surface area contributed by atoms with Crippen LogP contribution in [0.3, 0.4) is 0 Å². The van der Waals surface area contributed by atoms with Crippen LogP contribution in [-0.2, 0) is 25.6 Å². The summed E-state index contributed by atoms with van der Waals surface area (Å²) in [6, 6.07) is 19.0. The maximum Gasteiger partial charge on any atom is 0.338 e. The Morgan fingerprint density at radius 3 is 2.35 bits per heavy atom. The van der Waals surface area contributed by atoms with Gasteiger partial charge in [-0.2, -0.15) is 0 Å². The number of rotatable bonds is 7. The molecule has 1 heterocycles. The van der Waals surface area contributed by atoms with E-state index in [-0.39, 0.29) is 30.0 Å². The maximum atomic E-state index is 12.8. The molecule has 0 spiro atoms. The first-order valence-corrected chi connectivity index (χ1v) is 12.1. The second-order valence-electron chi connectivity index (χ2n) is 10.7. The molecule has 2 aliphatic carbocycles. The summed E-state index contributed by atoms with van der Waals surface area (Å²) in [5, 5.41) is 11.9. The zero-order valence-corrected chi connectivity index (χ0v) is 20.1. The van der Waals surface area contributed by atoms with Gasteiger partial charge in [0, 0.05) is 23.7 Å². The first-order valence-electron chi connectivity index (χ1n) is 12.1.